The molecule has 3 atom stereocenters. The lowest BCUT2D eigenvalue weighted by Crippen LogP contribution is -2.48. The third-order valence-corrected chi connectivity index (χ3v) is 5.48. The van der Waals surface area contributed by atoms with Gasteiger partial charge < -0.3 is 9.47 Å². The molecule has 1 amide bonds. The number of carbonyl (C=O) groups is 1. The first-order valence-electron chi connectivity index (χ1n) is 9.21. The van der Waals surface area contributed by atoms with E-state index in [1.807, 2.05) is 12.1 Å². The molecule has 3 fully saturated rings. The topological polar surface area (TPSA) is 51.2 Å². The van der Waals surface area contributed by atoms with Crippen LogP contribution in [0.1, 0.15) is 31.2 Å². The van der Waals surface area contributed by atoms with Gasteiger partial charge in [-0.2, -0.15) is 0 Å². The lowest BCUT2D eigenvalue weighted by Gasteiger charge is -2.36. The van der Waals surface area contributed by atoms with Crippen LogP contribution in [0.15, 0.2) is 24.3 Å². The van der Waals surface area contributed by atoms with Gasteiger partial charge >= 0.3 is 0 Å². The number of benzene rings is 1. The molecule has 0 spiro atoms. The van der Waals surface area contributed by atoms with Gasteiger partial charge in [-0.1, -0.05) is 12.1 Å². The van der Waals surface area contributed by atoms with Crippen LogP contribution in [0, 0.1) is 0 Å². The van der Waals surface area contributed by atoms with Crippen molar-refractivity contribution < 1.29 is 19.1 Å². The van der Waals surface area contributed by atoms with Crippen LogP contribution < -0.4 is 4.74 Å². The van der Waals surface area contributed by atoms with Crippen LogP contribution >= 0.6 is 0 Å². The molecule has 3 saturated heterocycles. The Morgan fingerprint density at radius 3 is 2.76 bits per heavy atom. The third-order valence-electron chi connectivity index (χ3n) is 5.48. The highest BCUT2D eigenvalue weighted by atomic mass is 16.7. The number of fused-ring (bicyclic) bond motifs is 1. The summed E-state index contributed by atoms with van der Waals surface area (Å²) in [5.74, 6) is 0.888. The van der Waals surface area contributed by atoms with Gasteiger partial charge in [0, 0.05) is 19.1 Å². The first-order chi connectivity index (χ1) is 12.2. The maximum absolute atomic E-state index is 12.5. The molecule has 136 valence electrons. The highest BCUT2D eigenvalue weighted by Crippen LogP contribution is 2.33. The third kappa shape index (κ3) is 3.52. The second-order valence-electron chi connectivity index (χ2n) is 7.04. The van der Waals surface area contributed by atoms with E-state index in [1.165, 1.54) is 10.6 Å². The molecule has 0 saturated carbocycles. The second kappa shape index (κ2) is 7.32. The summed E-state index contributed by atoms with van der Waals surface area (Å²) in [4.78, 5) is 20.3. The van der Waals surface area contributed by atoms with E-state index in [2.05, 4.69) is 17.0 Å². The Morgan fingerprint density at radius 1 is 1.20 bits per heavy atom. The summed E-state index contributed by atoms with van der Waals surface area (Å²) in [5.41, 5.74) is 1.28. The van der Waals surface area contributed by atoms with Crippen molar-refractivity contribution in [2.45, 2.75) is 50.5 Å². The minimum Gasteiger partial charge on any atom is -0.497 e. The molecule has 4 rings (SSSR count). The van der Waals surface area contributed by atoms with Gasteiger partial charge in [0.1, 0.15) is 11.9 Å². The van der Waals surface area contributed by atoms with Crippen molar-refractivity contribution in [2.75, 3.05) is 26.8 Å². The molecule has 6 heteroatoms. The molecule has 0 unspecified atom stereocenters. The summed E-state index contributed by atoms with van der Waals surface area (Å²) in [6.45, 7) is 3.27. The first kappa shape index (κ1) is 16.8. The standard InChI is InChI=1S/C19H26N2O4/c1-23-15-5-3-14(4-6-15)13-20-11-9-17-16(20)7-8-18(25-17)19(22)21-10-2-12-24-21/h3-6,16-18H,2,7-13H2,1H3/t16-,17-,18+/m0/s1. The summed E-state index contributed by atoms with van der Waals surface area (Å²) in [7, 11) is 1.68. The zero-order valence-electron chi connectivity index (χ0n) is 14.7. The fourth-order valence-corrected chi connectivity index (χ4v) is 4.14. The van der Waals surface area contributed by atoms with Gasteiger partial charge in [-0.05, 0) is 43.4 Å². The fourth-order valence-electron chi connectivity index (χ4n) is 4.14. The van der Waals surface area contributed by atoms with E-state index in [1.54, 1.807) is 7.11 Å². The smallest absolute Gasteiger partial charge is 0.275 e. The SMILES string of the molecule is COc1ccc(CN2CC[C@@H]3O[C@@H](C(=O)N4CCCO4)CC[C@@H]32)cc1. The predicted molar refractivity (Wildman–Crippen MR) is 92.0 cm³/mol. The van der Waals surface area contributed by atoms with Gasteiger partial charge in [0.15, 0.2) is 0 Å². The van der Waals surface area contributed by atoms with Crippen molar-refractivity contribution in [2.24, 2.45) is 0 Å². The summed E-state index contributed by atoms with van der Waals surface area (Å²) >= 11 is 0. The predicted octanol–water partition coefficient (Wildman–Crippen LogP) is 1.98. The number of ether oxygens (including phenoxy) is 2. The first-order valence-corrected chi connectivity index (χ1v) is 9.21. The minimum atomic E-state index is -0.333. The average Bonchev–Trinajstić information content (AvgIpc) is 3.32. The highest BCUT2D eigenvalue weighted by molar-refractivity contribution is 5.80. The zero-order valence-corrected chi connectivity index (χ0v) is 14.7. The molecule has 3 aliphatic rings. The number of likely N-dealkylation sites (tertiary alicyclic amines) is 1. The quantitative estimate of drug-likeness (QED) is 0.834. The Labute approximate surface area is 148 Å². The number of nitrogens with zero attached hydrogens (tertiary/aromatic N) is 2. The van der Waals surface area contributed by atoms with Crippen molar-refractivity contribution in [3.63, 3.8) is 0 Å². The minimum absolute atomic E-state index is 0.00422. The Morgan fingerprint density at radius 2 is 2.04 bits per heavy atom. The van der Waals surface area contributed by atoms with Gasteiger partial charge in [0.05, 0.1) is 26.4 Å². The highest BCUT2D eigenvalue weighted by Gasteiger charge is 2.43. The number of hydrogen-bond acceptors (Lipinski definition) is 5. The molecular weight excluding hydrogens is 320 g/mol. The lowest BCUT2D eigenvalue weighted by atomic mass is 9.98. The van der Waals surface area contributed by atoms with Gasteiger partial charge in [-0.25, -0.2) is 5.06 Å². The number of methoxy groups -OCH3 is 1. The molecule has 1 aromatic carbocycles. The molecule has 3 aliphatic heterocycles. The van der Waals surface area contributed by atoms with Crippen LogP contribution in [0.25, 0.3) is 0 Å². The van der Waals surface area contributed by atoms with Crippen molar-refractivity contribution in [1.29, 1.82) is 0 Å². The van der Waals surface area contributed by atoms with Crippen LogP contribution in [0.2, 0.25) is 0 Å². The van der Waals surface area contributed by atoms with Crippen molar-refractivity contribution in [3.8, 4) is 5.75 Å². The molecular formula is C19H26N2O4. The average molecular weight is 346 g/mol. The largest absolute Gasteiger partial charge is 0.497 e. The maximum Gasteiger partial charge on any atom is 0.275 e. The normalized spacial score (nSPS) is 29.6. The number of rotatable bonds is 4. The zero-order chi connectivity index (χ0) is 17.2. The van der Waals surface area contributed by atoms with Crippen molar-refractivity contribution in [3.05, 3.63) is 29.8 Å². The molecule has 3 heterocycles. The number of carbonyl (C=O) groups excluding carboxylic acids is 1. The Balaban J connectivity index is 1.34. The molecule has 0 radical (unpaired) electrons. The summed E-state index contributed by atoms with van der Waals surface area (Å²) in [6.07, 6.45) is 3.51. The summed E-state index contributed by atoms with van der Waals surface area (Å²) in [5, 5.41) is 1.50. The summed E-state index contributed by atoms with van der Waals surface area (Å²) < 4.78 is 11.4. The van der Waals surface area contributed by atoms with Crippen LogP contribution in [0.4, 0.5) is 0 Å². The lowest BCUT2D eigenvalue weighted by molar-refractivity contribution is -0.189. The molecule has 1 aromatic rings. The van der Waals surface area contributed by atoms with Crippen LogP contribution in [-0.2, 0) is 20.9 Å². The monoisotopic (exact) mass is 346 g/mol. The molecule has 6 nitrogen and oxygen atoms in total. The van der Waals surface area contributed by atoms with E-state index in [-0.39, 0.29) is 18.1 Å². The molecule has 0 bridgehead atoms. The fraction of sp³-hybridized carbons (Fsp3) is 0.632. The molecule has 0 N–H and O–H groups in total. The number of hydrogen-bond donors (Lipinski definition) is 0. The van der Waals surface area contributed by atoms with Crippen LogP contribution in [0.5, 0.6) is 5.75 Å². The Hall–Kier alpha value is -1.63. The number of amides is 1. The van der Waals surface area contributed by atoms with Gasteiger partial charge in [-0.3, -0.25) is 14.5 Å². The van der Waals surface area contributed by atoms with Gasteiger partial charge in [-0.15, -0.1) is 0 Å². The van der Waals surface area contributed by atoms with Crippen LogP contribution in [0.3, 0.4) is 0 Å². The second-order valence-corrected chi connectivity index (χ2v) is 7.04. The Kier molecular flexibility index (Phi) is 4.92. The molecule has 0 aliphatic carbocycles. The van der Waals surface area contributed by atoms with E-state index < -0.39 is 0 Å². The van der Waals surface area contributed by atoms with E-state index in [0.717, 1.165) is 44.5 Å². The van der Waals surface area contributed by atoms with E-state index in [9.17, 15) is 4.79 Å². The van der Waals surface area contributed by atoms with E-state index >= 15 is 0 Å². The number of hydroxylamine groups is 2. The van der Waals surface area contributed by atoms with Crippen molar-refractivity contribution in [1.82, 2.24) is 9.96 Å². The van der Waals surface area contributed by atoms with Crippen molar-refractivity contribution >= 4 is 5.91 Å². The van der Waals surface area contributed by atoms with Crippen LogP contribution in [-0.4, -0.2) is 60.9 Å². The molecule has 0 aromatic heterocycles. The molecule has 25 heavy (non-hydrogen) atoms. The van der Waals surface area contributed by atoms with E-state index in [0.29, 0.717) is 19.2 Å². The maximum atomic E-state index is 12.5. The Bertz CT molecular complexity index is 600. The van der Waals surface area contributed by atoms with Gasteiger partial charge in [0.25, 0.3) is 5.91 Å². The summed E-state index contributed by atoms with van der Waals surface area (Å²) in [6, 6.07) is 8.65. The van der Waals surface area contributed by atoms with Gasteiger partial charge in [0.2, 0.25) is 0 Å². The van der Waals surface area contributed by atoms with E-state index in [4.69, 9.17) is 14.3 Å².